The smallest absolute Gasteiger partial charge is 0.262 e. The largest absolute Gasteiger partial charge is 0.324 e. The number of aromatic nitrogens is 2. The Kier molecular flexibility index (Phi) is 4.43. The molecular weight excluding hydrogens is 346 g/mol. The van der Waals surface area contributed by atoms with E-state index in [1.807, 2.05) is 13.8 Å². The predicted octanol–water partition coefficient (Wildman–Crippen LogP) is 3.93. The molecule has 0 radical (unpaired) electrons. The topological polar surface area (TPSA) is 64.0 Å². The van der Waals surface area contributed by atoms with E-state index in [-0.39, 0.29) is 11.5 Å². The Morgan fingerprint density at radius 3 is 2.88 bits per heavy atom. The van der Waals surface area contributed by atoms with Crippen molar-refractivity contribution in [3.8, 4) is 0 Å². The van der Waals surface area contributed by atoms with E-state index in [9.17, 15) is 9.59 Å². The van der Waals surface area contributed by atoms with Gasteiger partial charge in [-0.1, -0.05) is 17.7 Å². The van der Waals surface area contributed by atoms with Crippen molar-refractivity contribution in [3.63, 3.8) is 0 Å². The zero-order valence-electron chi connectivity index (χ0n) is 13.5. The molecule has 3 aromatic rings. The highest BCUT2D eigenvalue weighted by molar-refractivity contribution is 7.18. The molecular formula is C17H16ClN3O2S. The zero-order chi connectivity index (χ0) is 17.4. The molecule has 0 aliphatic rings. The first-order valence-electron chi connectivity index (χ1n) is 7.41. The number of hydrogen-bond donors (Lipinski definition) is 1. The van der Waals surface area contributed by atoms with Crippen molar-refractivity contribution in [1.29, 1.82) is 0 Å². The van der Waals surface area contributed by atoms with Gasteiger partial charge in [0.05, 0.1) is 11.7 Å². The van der Waals surface area contributed by atoms with Gasteiger partial charge in [-0.15, -0.1) is 11.3 Å². The van der Waals surface area contributed by atoms with Gasteiger partial charge < -0.3 is 5.32 Å². The van der Waals surface area contributed by atoms with Gasteiger partial charge in [0, 0.05) is 15.6 Å². The van der Waals surface area contributed by atoms with Gasteiger partial charge in [-0.2, -0.15) is 0 Å². The number of nitrogens with zero attached hydrogens (tertiary/aromatic N) is 2. The van der Waals surface area contributed by atoms with E-state index >= 15 is 0 Å². The predicted molar refractivity (Wildman–Crippen MR) is 98.1 cm³/mol. The third-order valence-electron chi connectivity index (χ3n) is 3.92. The van der Waals surface area contributed by atoms with Gasteiger partial charge in [-0.25, -0.2) is 4.98 Å². The maximum absolute atomic E-state index is 12.6. The van der Waals surface area contributed by atoms with E-state index in [0.29, 0.717) is 20.9 Å². The van der Waals surface area contributed by atoms with Crippen LogP contribution >= 0.6 is 22.9 Å². The van der Waals surface area contributed by atoms with Crippen LogP contribution in [0.4, 0.5) is 5.69 Å². The van der Waals surface area contributed by atoms with Crippen LogP contribution in [-0.2, 0) is 4.79 Å². The number of fused-ring (bicyclic) bond motifs is 1. The van der Waals surface area contributed by atoms with Crippen molar-refractivity contribution in [1.82, 2.24) is 9.55 Å². The molecule has 0 saturated carbocycles. The second-order valence-electron chi connectivity index (χ2n) is 5.61. The second-order valence-corrected chi connectivity index (χ2v) is 7.25. The van der Waals surface area contributed by atoms with Crippen LogP contribution in [0.5, 0.6) is 0 Å². The third-order valence-corrected chi connectivity index (χ3v) is 5.29. The van der Waals surface area contributed by atoms with E-state index in [2.05, 4.69) is 10.3 Å². The first-order valence-corrected chi connectivity index (χ1v) is 8.61. The minimum absolute atomic E-state index is 0.213. The highest BCUT2D eigenvalue weighted by atomic mass is 35.5. The maximum atomic E-state index is 12.6. The molecule has 0 unspecified atom stereocenters. The first-order chi connectivity index (χ1) is 11.4. The van der Waals surface area contributed by atoms with Gasteiger partial charge in [0.1, 0.15) is 10.9 Å². The minimum Gasteiger partial charge on any atom is -0.324 e. The van der Waals surface area contributed by atoms with Crippen molar-refractivity contribution >= 4 is 44.7 Å². The summed E-state index contributed by atoms with van der Waals surface area (Å²) < 4.78 is 1.35. The lowest BCUT2D eigenvalue weighted by molar-refractivity contribution is -0.118. The van der Waals surface area contributed by atoms with Gasteiger partial charge in [-0.3, -0.25) is 14.2 Å². The molecule has 0 aliphatic carbocycles. The summed E-state index contributed by atoms with van der Waals surface area (Å²) in [6.45, 7) is 5.42. The Morgan fingerprint density at radius 1 is 1.38 bits per heavy atom. The van der Waals surface area contributed by atoms with E-state index in [1.165, 1.54) is 22.2 Å². The molecule has 5 nitrogen and oxygen atoms in total. The second kappa shape index (κ2) is 6.37. The molecule has 0 spiro atoms. The van der Waals surface area contributed by atoms with Gasteiger partial charge in [0.25, 0.3) is 5.56 Å². The molecule has 1 N–H and O–H groups in total. The Morgan fingerprint density at radius 2 is 2.12 bits per heavy atom. The summed E-state index contributed by atoms with van der Waals surface area (Å²) in [6, 6.07) is 6.42. The number of carbonyl (C=O) groups is 1. The number of rotatable bonds is 3. The Balaban J connectivity index is 1.92. The summed E-state index contributed by atoms with van der Waals surface area (Å²) >= 11 is 7.53. The number of benzene rings is 1. The number of amides is 1. The molecule has 2 heterocycles. The summed E-state index contributed by atoms with van der Waals surface area (Å²) in [6.07, 6.45) is 1.43. The Bertz CT molecular complexity index is 993. The fraction of sp³-hybridized carbons (Fsp3) is 0.235. The number of anilines is 1. The van der Waals surface area contributed by atoms with Crippen LogP contribution in [0.2, 0.25) is 5.02 Å². The van der Waals surface area contributed by atoms with E-state index in [0.717, 1.165) is 10.4 Å². The highest BCUT2D eigenvalue weighted by Gasteiger charge is 2.19. The van der Waals surface area contributed by atoms with Crippen LogP contribution < -0.4 is 10.9 Å². The molecule has 24 heavy (non-hydrogen) atoms. The lowest BCUT2D eigenvalue weighted by Crippen LogP contribution is -2.31. The van der Waals surface area contributed by atoms with Crippen LogP contribution in [0.25, 0.3) is 10.2 Å². The van der Waals surface area contributed by atoms with Crippen molar-refractivity contribution < 1.29 is 4.79 Å². The third kappa shape index (κ3) is 2.95. The molecule has 0 bridgehead atoms. The Hall–Kier alpha value is -2.18. The molecule has 7 heteroatoms. The summed E-state index contributed by atoms with van der Waals surface area (Å²) in [5.41, 5.74) is 1.21. The van der Waals surface area contributed by atoms with Gasteiger partial charge in [-0.05, 0) is 44.5 Å². The van der Waals surface area contributed by atoms with Crippen LogP contribution in [-0.4, -0.2) is 15.5 Å². The fourth-order valence-electron chi connectivity index (χ4n) is 2.44. The van der Waals surface area contributed by atoms with Gasteiger partial charge >= 0.3 is 0 Å². The fourth-order valence-corrected chi connectivity index (χ4v) is 3.45. The van der Waals surface area contributed by atoms with Crippen LogP contribution in [0, 0.1) is 13.8 Å². The maximum Gasteiger partial charge on any atom is 0.262 e. The van der Waals surface area contributed by atoms with Crippen LogP contribution in [0.15, 0.2) is 35.4 Å². The van der Waals surface area contributed by atoms with Gasteiger partial charge in [0.15, 0.2) is 0 Å². The monoisotopic (exact) mass is 361 g/mol. The zero-order valence-corrected chi connectivity index (χ0v) is 15.0. The average Bonchev–Trinajstić information content (AvgIpc) is 2.93. The minimum atomic E-state index is -0.687. The highest BCUT2D eigenvalue weighted by Crippen LogP contribution is 2.24. The molecule has 2 aromatic heterocycles. The van der Waals surface area contributed by atoms with Crippen molar-refractivity contribution in [2.45, 2.75) is 26.8 Å². The molecule has 3 rings (SSSR count). The average molecular weight is 362 g/mol. The molecule has 124 valence electrons. The lowest BCUT2D eigenvalue weighted by Gasteiger charge is -2.16. The van der Waals surface area contributed by atoms with Crippen molar-refractivity contribution in [2.75, 3.05) is 5.32 Å². The van der Waals surface area contributed by atoms with E-state index in [4.69, 9.17) is 11.6 Å². The van der Waals surface area contributed by atoms with E-state index in [1.54, 1.807) is 31.2 Å². The lowest BCUT2D eigenvalue weighted by atomic mass is 10.2. The molecule has 0 fully saturated rings. The molecule has 1 atom stereocenters. The molecule has 0 saturated heterocycles. The number of hydrogen-bond acceptors (Lipinski definition) is 4. The van der Waals surface area contributed by atoms with Crippen molar-refractivity contribution in [3.05, 3.63) is 56.4 Å². The molecule has 1 aromatic carbocycles. The normalized spacial score (nSPS) is 12.3. The number of carbonyl (C=O) groups excluding carboxylic acids is 1. The standard InChI is InChI=1S/C17H16ClN3O2S/c1-9-7-12-16(24-9)19-8-21(17(12)23)11(3)15(22)20-14-6-4-5-13(18)10(14)2/h4-8,11H,1-3H3,(H,20,22)/t11-/m1/s1. The summed E-state index contributed by atoms with van der Waals surface area (Å²) in [5, 5.41) is 3.94. The number of halogens is 1. The first kappa shape index (κ1) is 16.7. The molecule has 0 aliphatic heterocycles. The number of thiophene rings is 1. The SMILES string of the molecule is Cc1cc2c(=O)n([C@H](C)C(=O)Nc3cccc(Cl)c3C)cnc2s1. The molecule has 1 amide bonds. The number of aryl methyl sites for hydroxylation is 1. The van der Waals surface area contributed by atoms with Crippen LogP contribution in [0.3, 0.4) is 0 Å². The van der Waals surface area contributed by atoms with Gasteiger partial charge in [0.2, 0.25) is 5.91 Å². The summed E-state index contributed by atoms with van der Waals surface area (Å²) in [7, 11) is 0. The number of nitrogens with one attached hydrogen (secondary N) is 1. The summed E-state index contributed by atoms with van der Waals surface area (Å²) in [4.78, 5) is 31.1. The van der Waals surface area contributed by atoms with Crippen molar-refractivity contribution in [2.24, 2.45) is 0 Å². The quantitative estimate of drug-likeness (QED) is 0.768. The van der Waals surface area contributed by atoms with Crippen LogP contribution in [0.1, 0.15) is 23.4 Å². The summed E-state index contributed by atoms with van der Waals surface area (Å²) in [5.74, 6) is -0.296. The van der Waals surface area contributed by atoms with E-state index < -0.39 is 6.04 Å². The Labute approximate surface area is 147 Å².